The lowest BCUT2D eigenvalue weighted by atomic mass is 9.85. The fraction of sp³-hybridized carbons (Fsp3) is 0.152. The summed E-state index contributed by atoms with van der Waals surface area (Å²) in [7, 11) is -2.30. The molecule has 0 radical (unpaired) electrons. The molecule has 7 nitrogen and oxygen atoms in total. The monoisotopic (exact) mass is 616 g/mol. The number of aromatic nitrogens is 2. The Morgan fingerprint density at radius 2 is 1.70 bits per heavy atom. The fourth-order valence-corrected chi connectivity index (χ4v) is 7.01. The summed E-state index contributed by atoms with van der Waals surface area (Å²) in [6, 6.07) is 28.9. The number of quaternary nitrogens is 1. The Morgan fingerprint density at radius 1 is 0.977 bits per heavy atom. The number of halogens is 2. The molecule has 2 aromatic heterocycles. The van der Waals surface area contributed by atoms with E-state index in [-0.39, 0.29) is 47.1 Å². The van der Waals surface area contributed by atoms with E-state index in [1.807, 2.05) is 35.2 Å². The lowest BCUT2D eigenvalue weighted by Gasteiger charge is -2.34. The van der Waals surface area contributed by atoms with Gasteiger partial charge in [0, 0.05) is 42.2 Å². The summed E-state index contributed by atoms with van der Waals surface area (Å²) in [6.45, 7) is 1.24. The van der Waals surface area contributed by atoms with Gasteiger partial charge in [-0.15, -0.1) is 0 Å². The van der Waals surface area contributed by atoms with Crippen LogP contribution >= 0.6 is 0 Å². The van der Waals surface area contributed by atoms with Gasteiger partial charge in [-0.25, -0.2) is 21.6 Å². The van der Waals surface area contributed by atoms with Gasteiger partial charge in [0.2, 0.25) is 0 Å². The molecule has 6 rings (SSSR count). The lowest BCUT2D eigenvalue weighted by molar-refractivity contribution is -0.812. The molecule has 3 heterocycles. The third-order valence-corrected chi connectivity index (χ3v) is 9.36. The Bertz CT molecular complexity index is 1850. The summed E-state index contributed by atoms with van der Waals surface area (Å²) < 4.78 is 43.2. The van der Waals surface area contributed by atoms with Crippen molar-refractivity contribution in [1.29, 1.82) is 0 Å². The average Bonchev–Trinajstić information content (AvgIpc) is 3.45. The van der Waals surface area contributed by atoms with Gasteiger partial charge in [0.05, 0.1) is 19.3 Å². The van der Waals surface area contributed by atoms with Gasteiger partial charge in [0.15, 0.2) is 0 Å². The maximum atomic E-state index is 14.9. The zero-order valence-electron chi connectivity index (χ0n) is 23.4. The van der Waals surface area contributed by atoms with E-state index < -0.39 is 15.8 Å². The maximum Gasteiger partial charge on any atom is 0.417 e. The molecule has 2 unspecified atom stereocenters. The number of carbonyl (C=O) groups excluding carboxylic acids is 1. The molecule has 2 atom stereocenters. The van der Waals surface area contributed by atoms with Crippen molar-refractivity contribution >= 4 is 16.1 Å². The predicted molar refractivity (Wildman–Crippen MR) is 158 cm³/mol. The highest BCUT2D eigenvalue weighted by atomic mass is 35.5. The molecule has 2 amide bonds. The van der Waals surface area contributed by atoms with Crippen molar-refractivity contribution in [1.82, 2.24) is 13.9 Å². The number of nitrogens with zero attached hydrogens (tertiary/aromatic N) is 3. The number of nitrogens with one attached hydrogen (secondary N) is 1. The highest BCUT2D eigenvalue weighted by molar-refractivity contribution is 7.90. The Kier molecular flexibility index (Phi) is 8.77. The highest BCUT2D eigenvalue weighted by Gasteiger charge is 2.33. The van der Waals surface area contributed by atoms with E-state index in [0.29, 0.717) is 23.6 Å². The average molecular weight is 617 g/mol. The molecule has 0 aliphatic carbocycles. The van der Waals surface area contributed by atoms with Gasteiger partial charge in [-0.1, -0.05) is 66.7 Å². The molecular weight excluding hydrogens is 587 g/mol. The lowest BCUT2D eigenvalue weighted by Crippen LogP contribution is -3.12. The molecular formula is C33H30ClFN4O3S. The second-order valence-corrected chi connectivity index (χ2v) is 12.3. The van der Waals surface area contributed by atoms with Crippen LogP contribution in [0.25, 0.3) is 11.3 Å². The van der Waals surface area contributed by atoms with Crippen LogP contribution in [0.15, 0.2) is 121 Å². The largest absolute Gasteiger partial charge is 1.00 e. The number of rotatable bonds is 6. The van der Waals surface area contributed by atoms with Gasteiger partial charge in [-0.2, -0.15) is 0 Å². The molecule has 220 valence electrons. The van der Waals surface area contributed by atoms with Crippen LogP contribution in [0.1, 0.15) is 28.2 Å². The molecule has 1 aliphatic heterocycles. The summed E-state index contributed by atoms with van der Waals surface area (Å²) in [6.07, 6.45) is 4.22. The van der Waals surface area contributed by atoms with Crippen molar-refractivity contribution in [2.75, 3.05) is 13.6 Å². The summed E-state index contributed by atoms with van der Waals surface area (Å²) in [4.78, 5) is 20.2. The molecule has 0 saturated carbocycles. The zero-order valence-corrected chi connectivity index (χ0v) is 25.0. The van der Waals surface area contributed by atoms with Gasteiger partial charge in [-0.3, -0.25) is 14.8 Å². The Hall–Kier alpha value is -4.31. The van der Waals surface area contributed by atoms with E-state index in [0.717, 1.165) is 15.1 Å². The molecule has 3 aromatic carbocycles. The van der Waals surface area contributed by atoms with Crippen molar-refractivity contribution in [2.45, 2.75) is 23.9 Å². The normalized spacial score (nSPS) is 15.3. The van der Waals surface area contributed by atoms with Crippen LogP contribution in [0.2, 0.25) is 0 Å². The number of amides is 2. The molecule has 0 fully saturated rings. The predicted octanol–water partition coefficient (Wildman–Crippen LogP) is 1.71. The third kappa shape index (κ3) is 5.97. The third-order valence-electron chi connectivity index (χ3n) is 7.70. The SMILES string of the molecule is C[NH+](Cc1cc(-c2ccccc2F)n(S(=O)(=O)c2cccnc2)c1)C(=O)N1Cc2ccccc2C(c2ccccc2)C1.[Cl-]. The Morgan fingerprint density at radius 3 is 2.44 bits per heavy atom. The molecule has 1 N–H and O–H groups in total. The van der Waals surface area contributed by atoms with Crippen molar-refractivity contribution in [3.05, 3.63) is 144 Å². The Labute approximate surface area is 256 Å². The van der Waals surface area contributed by atoms with Gasteiger partial charge in [0.1, 0.15) is 17.3 Å². The number of benzene rings is 3. The molecule has 0 saturated heterocycles. The van der Waals surface area contributed by atoms with E-state index in [9.17, 15) is 17.6 Å². The van der Waals surface area contributed by atoms with Gasteiger partial charge >= 0.3 is 6.03 Å². The minimum absolute atomic E-state index is 0. The van der Waals surface area contributed by atoms with Crippen LogP contribution < -0.4 is 17.3 Å². The van der Waals surface area contributed by atoms with Crippen molar-refractivity contribution in [3.63, 3.8) is 0 Å². The summed E-state index contributed by atoms with van der Waals surface area (Å²) in [5.41, 5.74) is 4.39. The number of urea groups is 1. The summed E-state index contributed by atoms with van der Waals surface area (Å²) in [5.74, 6) is -0.494. The number of fused-ring (bicyclic) bond motifs is 1. The van der Waals surface area contributed by atoms with Crippen LogP contribution in [0.4, 0.5) is 9.18 Å². The van der Waals surface area contributed by atoms with E-state index in [2.05, 4.69) is 29.2 Å². The molecule has 0 bridgehead atoms. The van der Waals surface area contributed by atoms with Crippen molar-refractivity contribution in [2.24, 2.45) is 0 Å². The van der Waals surface area contributed by atoms with E-state index in [4.69, 9.17) is 0 Å². The highest BCUT2D eigenvalue weighted by Crippen LogP contribution is 2.33. The van der Waals surface area contributed by atoms with Crippen molar-refractivity contribution < 1.29 is 34.9 Å². The number of pyridine rings is 1. The molecule has 1 aliphatic rings. The van der Waals surface area contributed by atoms with Crippen LogP contribution in [-0.4, -0.2) is 41.9 Å². The van der Waals surface area contributed by atoms with Crippen LogP contribution in [0, 0.1) is 5.82 Å². The number of hydrogen-bond donors (Lipinski definition) is 1. The fourth-order valence-electron chi connectivity index (χ4n) is 5.65. The van der Waals surface area contributed by atoms with E-state index in [1.165, 1.54) is 42.4 Å². The van der Waals surface area contributed by atoms with E-state index >= 15 is 0 Å². The first-order chi connectivity index (χ1) is 20.3. The Balaban J connectivity index is 0.00000368. The summed E-state index contributed by atoms with van der Waals surface area (Å²) >= 11 is 0. The number of hydrogen-bond acceptors (Lipinski definition) is 4. The molecule has 10 heteroatoms. The van der Waals surface area contributed by atoms with Crippen LogP contribution in [-0.2, 0) is 23.1 Å². The smallest absolute Gasteiger partial charge is 0.417 e. The maximum absolute atomic E-state index is 14.9. The van der Waals surface area contributed by atoms with Crippen LogP contribution in [0.3, 0.4) is 0 Å². The zero-order chi connectivity index (χ0) is 29.3. The van der Waals surface area contributed by atoms with Crippen molar-refractivity contribution in [3.8, 4) is 11.3 Å². The minimum Gasteiger partial charge on any atom is -1.00 e. The standard InChI is InChI=1S/C33H29FN4O3S.ClH/c1-36(33(39)37-22-26-12-5-6-14-28(26)30(23-37)25-10-3-2-4-11-25)20-24-18-32(29-15-7-8-16-31(29)34)38(21-24)42(40,41)27-13-9-17-35-19-27;/h2-19,21,30H,20,22-23H2,1H3;1H. The molecule has 43 heavy (non-hydrogen) atoms. The molecule has 5 aromatic rings. The van der Waals surface area contributed by atoms with Gasteiger partial charge in [-0.05, 0) is 47.0 Å². The minimum atomic E-state index is -4.08. The second kappa shape index (κ2) is 12.5. The summed E-state index contributed by atoms with van der Waals surface area (Å²) in [5, 5.41) is 0. The van der Waals surface area contributed by atoms with E-state index in [1.54, 1.807) is 31.3 Å². The number of carbonyl (C=O) groups is 1. The first-order valence-electron chi connectivity index (χ1n) is 13.7. The first kappa shape index (κ1) is 30.2. The first-order valence-corrected chi connectivity index (χ1v) is 15.1. The quantitative estimate of drug-likeness (QED) is 0.315. The van der Waals surface area contributed by atoms with Gasteiger partial charge in [0.25, 0.3) is 10.0 Å². The molecule has 0 spiro atoms. The topological polar surface area (TPSA) is 76.7 Å². The van der Waals surface area contributed by atoms with Gasteiger partial charge < -0.3 is 12.4 Å². The second-order valence-electron chi connectivity index (χ2n) is 10.5. The van der Waals surface area contributed by atoms with Crippen LogP contribution in [0.5, 0.6) is 0 Å².